The van der Waals surface area contributed by atoms with Crippen LogP contribution < -0.4 is 10.6 Å². The van der Waals surface area contributed by atoms with E-state index in [0.717, 1.165) is 87.3 Å². The number of nitrogens with one attached hydrogen (secondary N) is 2. The lowest BCUT2D eigenvalue weighted by Gasteiger charge is -2.20. The maximum atomic E-state index is 13.2. The third kappa shape index (κ3) is 4.93. The van der Waals surface area contributed by atoms with Crippen LogP contribution in [0.1, 0.15) is 40.7 Å². The number of allylic oxidation sites excluding steroid dienone is 3. The number of benzene rings is 1. The molecule has 0 atom stereocenters. The van der Waals surface area contributed by atoms with Crippen molar-refractivity contribution in [1.29, 1.82) is 0 Å². The van der Waals surface area contributed by atoms with Crippen molar-refractivity contribution in [1.82, 2.24) is 25.0 Å². The second-order valence-electron chi connectivity index (χ2n) is 8.96. The smallest absolute Gasteiger partial charge is 0.253 e. The van der Waals surface area contributed by atoms with E-state index in [1.54, 1.807) is 17.5 Å². The third-order valence-electron chi connectivity index (χ3n) is 6.62. The highest BCUT2D eigenvalue weighted by molar-refractivity contribution is 9.10. The second-order valence-corrected chi connectivity index (χ2v) is 10.8. The van der Waals surface area contributed by atoms with Gasteiger partial charge in [-0.2, -0.15) is 5.10 Å². The molecule has 1 saturated heterocycles. The summed E-state index contributed by atoms with van der Waals surface area (Å²) in [4.78, 5) is 25.1. The van der Waals surface area contributed by atoms with Gasteiger partial charge in [0.1, 0.15) is 0 Å². The average Bonchev–Trinajstić information content (AvgIpc) is 3.39. The van der Waals surface area contributed by atoms with E-state index in [2.05, 4.69) is 38.3 Å². The van der Waals surface area contributed by atoms with Crippen molar-refractivity contribution in [2.24, 2.45) is 4.99 Å². The van der Waals surface area contributed by atoms with E-state index in [0.29, 0.717) is 12.1 Å². The Labute approximate surface area is 229 Å². The Balaban J connectivity index is 1.63. The van der Waals surface area contributed by atoms with Crippen LogP contribution in [0.25, 0.3) is 21.8 Å². The number of thiazole rings is 1. The predicted octanol–water partition coefficient (Wildman–Crippen LogP) is 4.95. The normalized spacial score (nSPS) is 15.9. The number of amides is 1. The molecule has 0 radical (unpaired) electrons. The Morgan fingerprint density at radius 3 is 2.92 bits per heavy atom. The van der Waals surface area contributed by atoms with Gasteiger partial charge in [-0.05, 0) is 73.6 Å². The molecular formula is C27H30BrN7OS. The minimum Gasteiger partial charge on any atom is -0.365 e. The number of hydrogen-bond acceptors (Lipinski definition) is 7. The summed E-state index contributed by atoms with van der Waals surface area (Å²) in [5.41, 5.74) is 6.60. The molecule has 0 unspecified atom stereocenters. The van der Waals surface area contributed by atoms with Crippen LogP contribution in [-0.2, 0) is 12.8 Å². The highest BCUT2D eigenvalue weighted by Gasteiger charge is 2.30. The summed E-state index contributed by atoms with van der Waals surface area (Å²) in [7, 11) is 1.89. The Bertz CT molecular complexity index is 1400. The third-order valence-corrected chi connectivity index (χ3v) is 8.38. The molecule has 8 nitrogen and oxygen atoms in total. The van der Waals surface area contributed by atoms with Gasteiger partial charge in [-0.15, -0.1) is 0 Å². The van der Waals surface area contributed by atoms with Crippen LogP contribution in [0.5, 0.6) is 0 Å². The van der Waals surface area contributed by atoms with Crippen molar-refractivity contribution in [2.75, 3.05) is 38.5 Å². The van der Waals surface area contributed by atoms with Gasteiger partial charge in [-0.3, -0.25) is 9.79 Å². The molecule has 37 heavy (non-hydrogen) atoms. The number of carbonyl (C=O) groups excluding carboxylic acids is 1. The van der Waals surface area contributed by atoms with Gasteiger partial charge in [-0.1, -0.05) is 23.5 Å². The highest BCUT2D eigenvalue weighted by atomic mass is 79.9. The fourth-order valence-electron chi connectivity index (χ4n) is 4.89. The fourth-order valence-corrected chi connectivity index (χ4v) is 6.46. The van der Waals surface area contributed by atoms with E-state index in [-0.39, 0.29) is 5.91 Å². The van der Waals surface area contributed by atoms with Gasteiger partial charge >= 0.3 is 0 Å². The summed E-state index contributed by atoms with van der Waals surface area (Å²) in [6.07, 6.45) is 8.38. The Morgan fingerprint density at radius 1 is 1.30 bits per heavy atom. The van der Waals surface area contributed by atoms with Gasteiger partial charge in [-0.25, -0.2) is 9.67 Å². The van der Waals surface area contributed by atoms with E-state index in [9.17, 15) is 4.79 Å². The number of rotatable bonds is 6. The van der Waals surface area contributed by atoms with Gasteiger partial charge in [0.25, 0.3) is 5.91 Å². The molecule has 2 N–H and O–H groups in total. The van der Waals surface area contributed by atoms with Gasteiger partial charge in [0.15, 0.2) is 5.13 Å². The van der Waals surface area contributed by atoms with Gasteiger partial charge in [0.05, 0.1) is 27.6 Å². The van der Waals surface area contributed by atoms with Crippen LogP contribution in [0, 0.1) is 0 Å². The minimum absolute atomic E-state index is 0.0536. The van der Waals surface area contributed by atoms with Gasteiger partial charge < -0.3 is 15.5 Å². The summed E-state index contributed by atoms with van der Waals surface area (Å²) in [6, 6.07) is 5.79. The Morgan fingerprint density at radius 2 is 2.16 bits per heavy atom. The zero-order valence-corrected chi connectivity index (χ0v) is 23.5. The molecule has 1 aromatic carbocycles. The van der Waals surface area contributed by atoms with Crippen molar-refractivity contribution in [2.45, 2.75) is 26.2 Å². The van der Waals surface area contributed by atoms with Crippen molar-refractivity contribution >= 4 is 50.6 Å². The number of halogens is 1. The first kappa shape index (κ1) is 25.6. The lowest BCUT2D eigenvalue weighted by Crippen LogP contribution is -2.34. The molecule has 5 rings (SSSR count). The van der Waals surface area contributed by atoms with E-state index in [1.165, 1.54) is 0 Å². The lowest BCUT2D eigenvalue weighted by atomic mass is 9.95. The summed E-state index contributed by atoms with van der Waals surface area (Å²) >= 11 is 5.40. The van der Waals surface area contributed by atoms with Crippen molar-refractivity contribution < 1.29 is 4.79 Å². The molecular weight excluding hydrogens is 550 g/mol. The molecule has 3 heterocycles. The Hall–Kier alpha value is -3.08. The molecule has 0 bridgehead atoms. The summed E-state index contributed by atoms with van der Waals surface area (Å²) in [6.45, 7) is 8.89. The first-order valence-corrected chi connectivity index (χ1v) is 14.0. The predicted molar refractivity (Wildman–Crippen MR) is 155 cm³/mol. The minimum atomic E-state index is 0.0536. The lowest BCUT2D eigenvalue weighted by molar-refractivity contribution is 0.0766. The molecule has 1 amide bonds. The number of aliphatic imine (C=N–C) groups is 1. The van der Waals surface area contributed by atoms with E-state index < -0.39 is 0 Å². The maximum Gasteiger partial charge on any atom is 0.253 e. The molecule has 0 spiro atoms. The van der Waals surface area contributed by atoms with Gasteiger partial charge in [0.2, 0.25) is 0 Å². The standard InChI is InChI=1S/C27H30BrN7OS/c1-4-6-18(16-29-2)23-19-8-9-21-25(37-27(30-3)32-21)24(19)35(33-23)22-10-7-17(15-20(22)28)26(36)34-13-5-11-31-12-14-34/h4,6-7,10,15-16,31H,2,5,8-9,11-14H2,1,3H3,(H,30,32)/b6-4-,18-16+. The molecule has 3 aromatic rings. The second kappa shape index (κ2) is 11.1. The topological polar surface area (TPSA) is 87.4 Å². The highest BCUT2D eigenvalue weighted by Crippen LogP contribution is 2.44. The zero-order valence-electron chi connectivity index (χ0n) is 21.1. The van der Waals surface area contributed by atoms with Crippen molar-refractivity contribution in [3.05, 3.63) is 63.5 Å². The van der Waals surface area contributed by atoms with Gasteiger partial charge in [0, 0.05) is 54.1 Å². The fraction of sp³-hybridized carbons (Fsp3) is 0.333. The number of aryl methyl sites for hydroxylation is 1. The first-order chi connectivity index (χ1) is 18.0. The van der Waals surface area contributed by atoms with Crippen LogP contribution in [0.4, 0.5) is 5.13 Å². The maximum absolute atomic E-state index is 13.2. The largest absolute Gasteiger partial charge is 0.365 e. The van der Waals surface area contributed by atoms with E-state index >= 15 is 0 Å². The number of anilines is 1. The average molecular weight is 581 g/mol. The van der Waals surface area contributed by atoms with E-state index in [1.807, 2.05) is 53.9 Å². The van der Waals surface area contributed by atoms with Crippen LogP contribution in [0.3, 0.4) is 0 Å². The summed E-state index contributed by atoms with van der Waals surface area (Å²) in [5.74, 6) is 0.0536. The van der Waals surface area contributed by atoms with Crippen LogP contribution in [0.2, 0.25) is 0 Å². The molecule has 1 aliphatic carbocycles. The Kier molecular flexibility index (Phi) is 7.68. The number of nitrogens with zero attached hydrogens (tertiary/aromatic N) is 5. The molecule has 10 heteroatoms. The number of aromatic nitrogens is 3. The molecule has 1 fully saturated rings. The van der Waals surface area contributed by atoms with Crippen LogP contribution >= 0.6 is 27.3 Å². The summed E-state index contributed by atoms with van der Waals surface area (Å²) < 4.78 is 2.79. The molecule has 0 saturated carbocycles. The number of hydrogen-bond donors (Lipinski definition) is 2. The quantitative estimate of drug-likeness (QED) is 0.318. The van der Waals surface area contributed by atoms with E-state index in [4.69, 9.17) is 10.1 Å². The van der Waals surface area contributed by atoms with Crippen LogP contribution in [0.15, 0.2) is 46.0 Å². The van der Waals surface area contributed by atoms with Crippen molar-refractivity contribution in [3.63, 3.8) is 0 Å². The number of fused-ring (bicyclic) bond motifs is 3. The SMILES string of the molecule is C=N/C=C(\C=C/C)c1nn(-c2ccc(C(=O)N3CCCNCC3)cc2Br)c2c1CCc1nc(NC)sc1-2. The first-order valence-electron chi connectivity index (χ1n) is 12.4. The zero-order chi connectivity index (χ0) is 25.9. The molecule has 1 aliphatic heterocycles. The van der Waals surface area contributed by atoms with Crippen LogP contribution in [-0.4, -0.2) is 65.5 Å². The van der Waals surface area contributed by atoms with Crippen molar-refractivity contribution in [3.8, 4) is 16.3 Å². The summed E-state index contributed by atoms with van der Waals surface area (Å²) in [5, 5.41) is 12.5. The number of carbonyl (C=O) groups is 1. The molecule has 192 valence electrons. The monoisotopic (exact) mass is 579 g/mol. The molecule has 2 aromatic heterocycles. The molecule has 2 aliphatic rings.